The molecule has 0 unspecified atom stereocenters. The molecule has 0 aromatic rings. The van der Waals surface area contributed by atoms with Crippen LogP contribution in [0, 0.1) is 10.2 Å². The van der Waals surface area contributed by atoms with Gasteiger partial charge in [-0.15, -0.1) is 10.2 Å². The highest BCUT2D eigenvalue weighted by Crippen LogP contribution is 1.76. The molecule has 7 nitrogen and oxygen atoms in total. The first-order chi connectivity index (χ1) is 4.77. The van der Waals surface area contributed by atoms with Crippen molar-refractivity contribution >= 4 is 0 Å². The van der Waals surface area contributed by atoms with Crippen LogP contribution in [0.25, 0.3) is 0 Å². The maximum absolute atomic E-state index is 8.49. The number of halogens is 1. The molecule has 0 aromatic carbocycles. The second-order valence-electron chi connectivity index (χ2n) is 1.50. The molecule has 0 spiro atoms. The Morgan fingerprint density at radius 2 is 1.45 bits per heavy atom. The lowest BCUT2D eigenvalue weighted by atomic mass is 10.4. The Morgan fingerprint density at radius 3 is 1.45 bits per heavy atom. The van der Waals surface area contributed by atoms with Crippen molar-refractivity contribution in [2.24, 2.45) is 0 Å². The van der Waals surface area contributed by atoms with Crippen molar-refractivity contribution in [3.05, 3.63) is 0 Å². The first kappa shape index (κ1) is 13.6. The van der Waals surface area contributed by atoms with Gasteiger partial charge in [0.15, 0.2) is 6.29 Å². The molecule has 70 valence electrons. The van der Waals surface area contributed by atoms with E-state index in [2.05, 4.69) is 5.73 Å². The maximum atomic E-state index is 8.49. The summed E-state index contributed by atoms with van der Waals surface area (Å²) in [7, 11) is -4.94. The molecule has 0 aliphatic rings. The molecule has 0 aromatic heterocycles. The summed E-state index contributed by atoms with van der Waals surface area (Å²) in [5.41, 5.74) is 3.41. The van der Waals surface area contributed by atoms with Gasteiger partial charge < -0.3 is 15.9 Å². The van der Waals surface area contributed by atoms with Gasteiger partial charge in [0.25, 0.3) is 0 Å². The summed E-state index contributed by atoms with van der Waals surface area (Å²) in [5.74, 6) is 0. The molecule has 0 bridgehead atoms. The number of hydrogen-bond donors (Lipinski definition) is 3. The summed E-state index contributed by atoms with van der Waals surface area (Å²) in [6.07, 6.45) is -0.789. The fourth-order valence-corrected chi connectivity index (χ4v) is 0.183. The van der Waals surface area contributed by atoms with Gasteiger partial charge in [-0.3, -0.25) is 0 Å². The van der Waals surface area contributed by atoms with E-state index >= 15 is 0 Å². The molecule has 0 amide bonds. The molecule has 8 heteroatoms. The van der Waals surface area contributed by atoms with Gasteiger partial charge in [-0.1, -0.05) is 0 Å². The second kappa shape index (κ2) is 6.70. The molecule has 0 fully saturated rings. The minimum absolute atomic E-state index is 0.375. The van der Waals surface area contributed by atoms with Gasteiger partial charge in [0.05, 0.1) is 6.54 Å². The van der Waals surface area contributed by atoms with Crippen molar-refractivity contribution < 1.29 is 44.8 Å². The van der Waals surface area contributed by atoms with Crippen LogP contribution in [0.1, 0.15) is 6.42 Å². The summed E-state index contributed by atoms with van der Waals surface area (Å²) in [5, 5.41) is 16.1. The smallest absolute Gasteiger partial charge is 0.156 e. The largest absolute Gasteiger partial charge is 0.368 e. The Labute approximate surface area is 65.0 Å². The molecule has 0 aliphatic carbocycles. The van der Waals surface area contributed by atoms with E-state index in [4.69, 9.17) is 28.8 Å². The number of quaternary nitrogens is 1. The third kappa shape index (κ3) is 70.9. The zero-order valence-corrected chi connectivity index (χ0v) is 6.36. The van der Waals surface area contributed by atoms with Gasteiger partial charge >= 0.3 is 0 Å². The van der Waals surface area contributed by atoms with E-state index in [0.717, 1.165) is 0 Å². The lowest BCUT2D eigenvalue weighted by Gasteiger charge is -2.17. The SMILES string of the molecule is [NH3+]CCC(O)O.[O-][Cl+3]([O-])([O-])[O-]. The Bertz CT molecular complexity index is 76.4. The van der Waals surface area contributed by atoms with E-state index in [1.807, 2.05) is 0 Å². The zero-order valence-electron chi connectivity index (χ0n) is 5.60. The van der Waals surface area contributed by atoms with E-state index in [1.54, 1.807) is 0 Å². The van der Waals surface area contributed by atoms with Crippen molar-refractivity contribution in [1.29, 1.82) is 0 Å². The fourth-order valence-electron chi connectivity index (χ4n) is 0.183. The van der Waals surface area contributed by atoms with Crippen LogP contribution in [0.4, 0.5) is 0 Å². The number of hydrogen-bond acceptors (Lipinski definition) is 6. The van der Waals surface area contributed by atoms with Crippen LogP contribution < -0.4 is 24.4 Å². The summed E-state index contributed by atoms with van der Waals surface area (Å²) in [6.45, 7) is 0.581. The Kier molecular flexibility index (Phi) is 8.28. The van der Waals surface area contributed by atoms with Crippen molar-refractivity contribution in [3.63, 3.8) is 0 Å². The van der Waals surface area contributed by atoms with E-state index in [0.29, 0.717) is 13.0 Å². The first-order valence-electron chi connectivity index (χ1n) is 2.54. The summed E-state index contributed by atoms with van der Waals surface area (Å²) >= 11 is 0. The summed E-state index contributed by atoms with van der Waals surface area (Å²) < 4.78 is 34.0. The van der Waals surface area contributed by atoms with Gasteiger partial charge in [-0.05, 0) is 0 Å². The third-order valence-corrected chi connectivity index (χ3v) is 0.462. The molecule has 0 aliphatic heterocycles. The van der Waals surface area contributed by atoms with Crippen LogP contribution in [0.2, 0.25) is 0 Å². The van der Waals surface area contributed by atoms with Crippen LogP contribution in [0.5, 0.6) is 0 Å². The minimum atomic E-state index is -4.94. The fraction of sp³-hybridized carbons (Fsp3) is 1.00. The normalized spacial score (nSPS) is 10.9. The highest BCUT2D eigenvalue weighted by molar-refractivity contribution is 4.29. The van der Waals surface area contributed by atoms with Crippen LogP contribution >= 0.6 is 0 Å². The summed E-state index contributed by atoms with van der Waals surface area (Å²) in [6, 6.07) is 0. The van der Waals surface area contributed by atoms with Crippen molar-refractivity contribution in [2.75, 3.05) is 6.54 Å². The quantitative estimate of drug-likeness (QED) is 0.368. The van der Waals surface area contributed by atoms with Gasteiger partial charge in [0.2, 0.25) is 0 Å². The molecule has 0 heterocycles. The predicted molar refractivity (Wildman–Crippen MR) is 20.6 cm³/mol. The van der Waals surface area contributed by atoms with Crippen molar-refractivity contribution in [1.82, 2.24) is 0 Å². The molecular weight excluding hydrogens is 181 g/mol. The molecule has 0 saturated heterocycles. The standard InChI is InChI=1S/C3H9NO2.ClHO4/c4-2-1-3(5)6;2-1(3,4)5/h3,5-6H,1-2,4H2;(H,2,3,4,5). The molecule has 11 heavy (non-hydrogen) atoms. The average molecular weight is 192 g/mol. The molecule has 0 saturated carbocycles. The van der Waals surface area contributed by atoms with Gasteiger partial charge in [0, 0.05) is 6.42 Å². The molecule has 5 N–H and O–H groups in total. The second-order valence-corrected chi connectivity index (χ2v) is 2.26. The monoisotopic (exact) mass is 191 g/mol. The Hall–Kier alpha value is 0.01000. The molecule has 0 radical (unpaired) electrons. The lowest BCUT2D eigenvalue weighted by Crippen LogP contribution is -2.68. The van der Waals surface area contributed by atoms with Crippen molar-refractivity contribution in [2.45, 2.75) is 12.7 Å². The van der Waals surface area contributed by atoms with Gasteiger partial charge in [-0.2, -0.15) is 0 Å². The van der Waals surface area contributed by atoms with Crippen LogP contribution in [-0.2, 0) is 0 Å². The average Bonchev–Trinajstić information content (AvgIpc) is 1.58. The Balaban J connectivity index is 0. The maximum Gasteiger partial charge on any atom is 0.156 e. The molecular formula is C3H10ClNO6. The van der Waals surface area contributed by atoms with E-state index in [9.17, 15) is 0 Å². The van der Waals surface area contributed by atoms with Crippen LogP contribution in [0.15, 0.2) is 0 Å². The highest BCUT2D eigenvalue weighted by Gasteiger charge is 1.91. The van der Waals surface area contributed by atoms with E-state index in [1.165, 1.54) is 0 Å². The highest BCUT2D eigenvalue weighted by atomic mass is 35.7. The number of rotatable bonds is 2. The minimum Gasteiger partial charge on any atom is -0.368 e. The van der Waals surface area contributed by atoms with E-state index < -0.39 is 16.5 Å². The number of aliphatic hydroxyl groups excluding tert-OH is 1. The van der Waals surface area contributed by atoms with Gasteiger partial charge in [-0.25, -0.2) is 18.6 Å². The molecule has 0 atom stereocenters. The molecule has 0 rings (SSSR count). The third-order valence-electron chi connectivity index (χ3n) is 0.462. The summed E-state index contributed by atoms with van der Waals surface area (Å²) in [4.78, 5) is 0. The first-order valence-corrected chi connectivity index (χ1v) is 3.78. The topological polar surface area (TPSA) is 160 Å². The van der Waals surface area contributed by atoms with Crippen molar-refractivity contribution in [3.8, 4) is 0 Å². The predicted octanol–water partition coefficient (Wildman–Crippen LogP) is -6.83. The van der Waals surface area contributed by atoms with Crippen LogP contribution in [-0.4, -0.2) is 23.0 Å². The number of aliphatic hydroxyl groups is 2. The Morgan fingerprint density at radius 1 is 1.18 bits per heavy atom. The lowest BCUT2D eigenvalue weighted by molar-refractivity contribution is -2.00. The van der Waals surface area contributed by atoms with E-state index in [-0.39, 0.29) is 0 Å². The zero-order chi connectivity index (χ0) is 9.49. The van der Waals surface area contributed by atoms with Crippen LogP contribution in [0.3, 0.4) is 0 Å². The van der Waals surface area contributed by atoms with Gasteiger partial charge in [0.1, 0.15) is 0 Å².